The monoisotopic (exact) mass is 292 g/mol. The Balaban J connectivity index is 1.53. The molecule has 4 heteroatoms. The molecule has 0 radical (unpaired) electrons. The Morgan fingerprint density at radius 3 is 3.10 bits per heavy atom. The zero-order valence-electron chi connectivity index (χ0n) is 12.9. The molecule has 2 atom stereocenters. The van der Waals surface area contributed by atoms with E-state index >= 15 is 0 Å². The summed E-state index contributed by atoms with van der Waals surface area (Å²) < 4.78 is 19.2. The van der Waals surface area contributed by atoms with Crippen LogP contribution >= 0.6 is 0 Å². The summed E-state index contributed by atoms with van der Waals surface area (Å²) in [5, 5.41) is 3.60. The van der Waals surface area contributed by atoms with E-state index in [9.17, 15) is 4.39 Å². The van der Waals surface area contributed by atoms with Gasteiger partial charge in [0.1, 0.15) is 17.7 Å². The highest BCUT2D eigenvalue weighted by Gasteiger charge is 2.27. The van der Waals surface area contributed by atoms with Gasteiger partial charge < -0.3 is 10.1 Å². The van der Waals surface area contributed by atoms with E-state index in [-0.39, 0.29) is 11.9 Å². The van der Waals surface area contributed by atoms with Gasteiger partial charge in [-0.3, -0.25) is 4.90 Å². The van der Waals surface area contributed by atoms with Crippen molar-refractivity contribution < 1.29 is 9.13 Å². The summed E-state index contributed by atoms with van der Waals surface area (Å²) in [6.45, 7) is 8.68. The van der Waals surface area contributed by atoms with E-state index < -0.39 is 0 Å². The van der Waals surface area contributed by atoms with Crippen LogP contribution in [0.5, 0.6) is 5.75 Å². The normalized spacial score (nSPS) is 25.9. The maximum absolute atomic E-state index is 13.2. The molecular weight excluding hydrogens is 267 g/mol. The first kappa shape index (κ1) is 14.8. The average molecular weight is 292 g/mol. The Hall–Kier alpha value is -1.13. The number of halogens is 1. The molecule has 1 N–H and O–H groups in total. The third-order valence-electron chi connectivity index (χ3n) is 4.32. The van der Waals surface area contributed by atoms with Crippen molar-refractivity contribution in [2.75, 3.05) is 26.2 Å². The molecule has 1 fully saturated rings. The molecule has 2 aliphatic rings. The van der Waals surface area contributed by atoms with E-state index in [0.717, 1.165) is 49.8 Å². The zero-order valence-corrected chi connectivity index (χ0v) is 12.9. The van der Waals surface area contributed by atoms with Gasteiger partial charge in [-0.25, -0.2) is 4.39 Å². The molecule has 2 heterocycles. The number of nitrogens with one attached hydrogen (secondary N) is 1. The Bertz CT molecular complexity index is 492. The minimum Gasteiger partial charge on any atom is -0.488 e. The van der Waals surface area contributed by atoms with Gasteiger partial charge >= 0.3 is 0 Å². The number of hydrogen-bond acceptors (Lipinski definition) is 3. The zero-order chi connectivity index (χ0) is 14.8. The van der Waals surface area contributed by atoms with Crippen LogP contribution < -0.4 is 10.1 Å². The topological polar surface area (TPSA) is 24.5 Å². The van der Waals surface area contributed by atoms with Crippen LogP contribution in [0.3, 0.4) is 0 Å². The number of fused-ring (bicyclic) bond motifs is 1. The van der Waals surface area contributed by atoms with Crippen molar-refractivity contribution in [3.8, 4) is 5.75 Å². The van der Waals surface area contributed by atoms with E-state index in [4.69, 9.17) is 4.74 Å². The minimum atomic E-state index is -0.169. The lowest BCUT2D eigenvalue weighted by Gasteiger charge is -2.35. The van der Waals surface area contributed by atoms with Crippen molar-refractivity contribution >= 4 is 0 Å². The molecule has 3 nitrogen and oxygen atoms in total. The van der Waals surface area contributed by atoms with Crippen molar-refractivity contribution in [3.63, 3.8) is 0 Å². The van der Waals surface area contributed by atoms with E-state index in [1.54, 1.807) is 12.1 Å². The summed E-state index contributed by atoms with van der Waals surface area (Å²) in [7, 11) is 0. The first-order valence-electron chi connectivity index (χ1n) is 8.01. The van der Waals surface area contributed by atoms with Gasteiger partial charge in [-0.15, -0.1) is 0 Å². The van der Waals surface area contributed by atoms with Gasteiger partial charge in [0, 0.05) is 44.2 Å². The lowest BCUT2D eigenvalue weighted by Crippen LogP contribution is -2.53. The molecule has 0 amide bonds. The lowest BCUT2D eigenvalue weighted by molar-refractivity contribution is 0.119. The second kappa shape index (κ2) is 6.32. The van der Waals surface area contributed by atoms with Crippen molar-refractivity contribution in [3.05, 3.63) is 29.6 Å². The third-order valence-corrected chi connectivity index (χ3v) is 4.32. The SMILES string of the molecule is CC(C)CC1CN(CC2Cc3cc(F)ccc3O2)CCN1. The van der Waals surface area contributed by atoms with Crippen molar-refractivity contribution in [1.82, 2.24) is 10.2 Å². The molecule has 1 saturated heterocycles. The Labute approximate surface area is 126 Å². The van der Waals surface area contributed by atoms with E-state index in [1.807, 2.05) is 0 Å². The number of rotatable bonds is 4. The molecule has 1 aromatic carbocycles. The highest BCUT2D eigenvalue weighted by molar-refractivity contribution is 5.37. The van der Waals surface area contributed by atoms with Crippen LogP contribution in [0.2, 0.25) is 0 Å². The fourth-order valence-corrected chi connectivity index (χ4v) is 3.47. The van der Waals surface area contributed by atoms with Gasteiger partial charge in [0.2, 0.25) is 0 Å². The van der Waals surface area contributed by atoms with Crippen LogP contribution in [0, 0.1) is 11.7 Å². The molecular formula is C17H25FN2O. The second-order valence-corrected chi connectivity index (χ2v) is 6.74. The first-order chi connectivity index (χ1) is 10.1. The molecule has 2 aliphatic heterocycles. The summed E-state index contributed by atoms with van der Waals surface area (Å²) in [6.07, 6.45) is 2.21. The Morgan fingerprint density at radius 2 is 2.29 bits per heavy atom. The number of benzene rings is 1. The fraction of sp³-hybridized carbons (Fsp3) is 0.647. The van der Waals surface area contributed by atoms with E-state index in [2.05, 4.69) is 24.1 Å². The summed E-state index contributed by atoms with van der Waals surface area (Å²) >= 11 is 0. The van der Waals surface area contributed by atoms with Gasteiger partial charge in [0.15, 0.2) is 0 Å². The molecule has 0 bridgehead atoms. The van der Waals surface area contributed by atoms with Gasteiger partial charge in [-0.1, -0.05) is 13.8 Å². The van der Waals surface area contributed by atoms with Crippen molar-refractivity contribution in [1.29, 1.82) is 0 Å². The minimum absolute atomic E-state index is 0.166. The smallest absolute Gasteiger partial charge is 0.123 e. The number of piperazine rings is 1. The van der Waals surface area contributed by atoms with Gasteiger partial charge in [0.05, 0.1) is 0 Å². The van der Waals surface area contributed by atoms with E-state index in [1.165, 1.54) is 12.5 Å². The number of nitrogens with zero attached hydrogens (tertiary/aromatic N) is 1. The molecule has 3 rings (SSSR count). The van der Waals surface area contributed by atoms with Crippen LogP contribution in [0.15, 0.2) is 18.2 Å². The fourth-order valence-electron chi connectivity index (χ4n) is 3.47. The number of hydrogen-bond donors (Lipinski definition) is 1. The predicted molar refractivity (Wildman–Crippen MR) is 82.2 cm³/mol. The van der Waals surface area contributed by atoms with Crippen molar-refractivity contribution in [2.24, 2.45) is 5.92 Å². The van der Waals surface area contributed by atoms with Crippen LogP contribution in [0.4, 0.5) is 4.39 Å². The van der Waals surface area contributed by atoms with Crippen molar-refractivity contribution in [2.45, 2.75) is 38.8 Å². The van der Waals surface area contributed by atoms with Crippen LogP contribution in [0.25, 0.3) is 0 Å². The maximum atomic E-state index is 13.2. The quantitative estimate of drug-likeness (QED) is 0.922. The maximum Gasteiger partial charge on any atom is 0.123 e. The van der Waals surface area contributed by atoms with E-state index in [0.29, 0.717) is 6.04 Å². The number of ether oxygens (including phenoxy) is 1. The molecule has 0 aliphatic carbocycles. The Kier molecular flexibility index (Phi) is 4.45. The lowest BCUT2D eigenvalue weighted by atomic mass is 10.0. The molecule has 0 spiro atoms. The Morgan fingerprint density at radius 1 is 1.43 bits per heavy atom. The summed E-state index contributed by atoms with van der Waals surface area (Å²) in [4.78, 5) is 2.48. The molecule has 0 aromatic heterocycles. The van der Waals surface area contributed by atoms with Gasteiger partial charge in [0.25, 0.3) is 0 Å². The van der Waals surface area contributed by atoms with Crippen LogP contribution in [-0.4, -0.2) is 43.2 Å². The highest BCUT2D eigenvalue weighted by atomic mass is 19.1. The summed E-state index contributed by atoms with van der Waals surface area (Å²) in [6, 6.07) is 5.42. The first-order valence-corrected chi connectivity index (χ1v) is 8.01. The molecule has 2 unspecified atom stereocenters. The van der Waals surface area contributed by atoms with Crippen LogP contribution in [0.1, 0.15) is 25.8 Å². The van der Waals surface area contributed by atoms with Gasteiger partial charge in [-0.05, 0) is 30.5 Å². The summed E-state index contributed by atoms with van der Waals surface area (Å²) in [5.74, 6) is 1.41. The second-order valence-electron chi connectivity index (χ2n) is 6.74. The largest absolute Gasteiger partial charge is 0.488 e. The summed E-state index contributed by atoms with van der Waals surface area (Å²) in [5.41, 5.74) is 1.01. The third kappa shape index (κ3) is 3.74. The predicted octanol–water partition coefficient (Wildman–Crippen LogP) is 2.45. The molecule has 116 valence electrons. The highest BCUT2D eigenvalue weighted by Crippen LogP contribution is 2.29. The van der Waals surface area contributed by atoms with Gasteiger partial charge in [-0.2, -0.15) is 0 Å². The molecule has 21 heavy (non-hydrogen) atoms. The van der Waals surface area contributed by atoms with Crippen LogP contribution in [-0.2, 0) is 6.42 Å². The molecule has 0 saturated carbocycles. The standard InChI is InChI=1S/C17H25FN2O/c1-12(2)7-15-10-20(6-5-19-15)11-16-9-13-8-14(18)3-4-17(13)21-16/h3-4,8,12,15-16,19H,5-7,9-11H2,1-2H3. The molecule has 1 aromatic rings. The average Bonchev–Trinajstić information content (AvgIpc) is 2.79.